The highest BCUT2D eigenvalue weighted by molar-refractivity contribution is 9.10. The van der Waals surface area contributed by atoms with Crippen LogP contribution in [0, 0.1) is 0 Å². The van der Waals surface area contributed by atoms with Gasteiger partial charge in [-0.15, -0.1) is 0 Å². The molecule has 0 fully saturated rings. The number of hydrogen-bond acceptors (Lipinski definition) is 2. The van der Waals surface area contributed by atoms with E-state index in [1.165, 1.54) is 0 Å². The number of halogens is 1. The molecular weight excluding hydrogens is 234 g/mol. The predicted molar refractivity (Wildman–Crippen MR) is 51.4 cm³/mol. The molecule has 5 heteroatoms. The first-order chi connectivity index (χ1) is 6.18. The zero-order chi connectivity index (χ0) is 9.42. The van der Waals surface area contributed by atoms with E-state index in [4.69, 9.17) is 5.73 Å². The highest BCUT2D eigenvalue weighted by atomic mass is 79.9. The van der Waals surface area contributed by atoms with Gasteiger partial charge in [0, 0.05) is 16.9 Å². The number of pyridine rings is 1. The van der Waals surface area contributed by atoms with Crippen molar-refractivity contribution in [3.05, 3.63) is 34.7 Å². The van der Waals surface area contributed by atoms with Gasteiger partial charge in [0.1, 0.15) is 11.3 Å². The highest BCUT2D eigenvalue weighted by Crippen LogP contribution is 2.15. The van der Waals surface area contributed by atoms with E-state index >= 15 is 0 Å². The standard InChI is InChI=1S/C8H6BrN3O/c9-5-3-6(8(10)13)12-2-1-11-7(12)4-5/h1-4H,(H2,10,13). The molecule has 4 nitrogen and oxygen atoms in total. The fourth-order valence-corrected chi connectivity index (χ4v) is 1.60. The molecule has 0 saturated heterocycles. The molecule has 0 radical (unpaired) electrons. The van der Waals surface area contributed by atoms with Crippen molar-refractivity contribution in [3.8, 4) is 0 Å². The molecule has 0 aliphatic carbocycles. The third-order valence-electron chi connectivity index (χ3n) is 1.72. The van der Waals surface area contributed by atoms with E-state index in [-0.39, 0.29) is 0 Å². The Morgan fingerprint density at radius 2 is 2.31 bits per heavy atom. The molecule has 0 spiro atoms. The Labute approximate surface area is 82.5 Å². The van der Waals surface area contributed by atoms with E-state index in [0.717, 1.165) is 4.47 Å². The number of nitrogens with two attached hydrogens (primary N) is 1. The van der Waals surface area contributed by atoms with Crippen LogP contribution in [-0.2, 0) is 0 Å². The Morgan fingerprint density at radius 1 is 1.54 bits per heavy atom. The Kier molecular flexibility index (Phi) is 1.81. The molecule has 0 aliphatic heterocycles. The Balaban J connectivity index is 2.84. The summed E-state index contributed by atoms with van der Waals surface area (Å²) in [7, 11) is 0. The lowest BCUT2D eigenvalue weighted by molar-refractivity contribution is 0.0994. The van der Waals surface area contributed by atoms with E-state index in [1.54, 1.807) is 22.9 Å². The molecule has 0 aromatic carbocycles. The second kappa shape index (κ2) is 2.85. The molecule has 66 valence electrons. The van der Waals surface area contributed by atoms with Crippen LogP contribution in [0.25, 0.3) is 5.65 Å². The maximum Gasteiger partial charge on any atom is 0.265 e. The first-order valence-corrected chi connectivity index (χ1v) is 4.40. The summed E-state index contributed by atoms with van der Waals surface area (Å²) in [5.41, 5.74) is 6.32. The second-order valence-electron chi connectivity index (χ2n) is 2.58. The second-order valence-corrected chi connectivity index (χ2v) is 3.49. The van der Waals surface area contributed by atoms with Crippen LogP contribution in [0.15, 0.2) is 29.0 Å². The lowest BCUT2D eigenvalue weighted by Gasteiger charge is -2.01. The van der Waals surface area contributed by atoms with E-state index in [1.807, 2.05) is 6.07 Å². The summed E-state index contributed by atoms with van der Waals surface area (Å²) >= 11 is 3.28. The van der Waals surface area contributed by atoms with Crippen LogP contribution >= 0.6 is 15.9 Å². The molecule has 0 atom stereocenters. The maximum absolute atomic E-state index is 11.0. The smallest absolute Gasteiger partial charge is 0.265 e. The van der Waals surface area contributed by atoms with Crippen LogP contribution in [0.5, 0.6) is 0 Å². The summed E-state index contributed by atoms with van der Waals surface area (Å²) in [4.78, 5) is 15.1. The summed E-state index contributed by atoms with van der Waals surface area (Å²) in [6.45, 7) is 0. The van der Waals surface area contributed by atoms with Crippen LogP contribution in [0.4, 0.5) is 0 Å². The number of fused-ring (bicyclic) bond motifs is 1. The monoisotopic (exact) mass is 239 g/mol. The summed E-state index contributed by atoms with van der Waals surface area (Å²) in [5, 5.41) is 0. The molecule has 1 amide bonds. The third-order valence-corrected chi connectivity index (χ3v) is 2.18. The zero-order valence-electron chi connectivity index (χ0n) is 6.57. The number of carbonyl (C=O) groups is 1. The van der Waals surface area contributed by atoms with Crippen LogP contribution in [-0.4, -0.2) is 15.3 Å². The average molecular weight is 240 g/mol. The maximum atomic E-state index is 11.0. The van der Waals surface area contributed by atoms with Gasteiger partial charge < -0.3 is 5.73 Å². The van der Waals surface area contributed by atoms with Crippen LogP contribution in [0.3, 0.4) is 0 Å². The van der Waals surface area contributed by atoms with Gasteiger partial charge in [0.2, 0.25) is 0 Å². The minimum atomic E-state index is -0.468. The molecule has 2 heterocycles. The first kappa shape index (κ1) is 8.25. The summed E-state index contributed by atoms with van der Waals surface area (Å²) in [6.07, 6.45) is 3.32. The lowest BCUT2D eigenvalue weighted by atomic mass is 10.3. The van der Waals surface area contributed by atoms with Crippen molar-refractivity contribution in [1.82, 2.24) is 9.38 Å². The summed E-state index contributed by atoms with van der Waals surface area (Å²) < 4.78 is 2.44. The fourth-order valence-electron chi connectivity index (χ4n) is 1.18. The molecule has 2 aromatic rings. The summed E-state index contributed by atoms with van der Waals surface area (Å²) in [5.74, 6) is -0.468. The van der Waals surface area contributed by atoms with Crippen molar-refractivity contribution in [2.24, 2.45) is 5.73 Å². The number of rotatable bonds is 1. The summed E-state index contributed by atoms with van der Waals surface area (Å²) in [6, 6.07) is 3.48. The fraction of sp³-hybridized carbons (Fsp3) is 0. The molecular formula is C8H6BrN3O. The van der Waals surface area contributed by atoms with Gasteiger partial charge in [-0.1, -0.05) is 15.9 Å². The molecule has 2 aromatic heterocycles. The van der Waals surface area contributed by atoms with E-state index in [0.29, 0.717) is 11.3 Å². The number of carbonyl (C=O) groups excluding carboxylic acids is 1. The molecule has 2 rings (SSSR count). The normalized spacial score (nSPS) is 10.5. The van der Waals surface area contributed by atoms with Gasteiger partial charge in [-0.05, 0) is 12.1 Å². The van der Waals surface area contributed by atoms with Gasteiger partial charge >= 0.3 is 0 Å². The van der Waals surface area contributed by atoms with Crippen molar-refractivity contribution in [1.29, 1.82) is 0 Å². The van der Waals surface area contributed by atoms with Gasteiger partial charge in [0.15, 0.2) is 0 Å². The molecule has 0 aliphatic rings. The van der Waals surface area contributed by atoms with Crippen molar-refractivity contribution < 1.29 is 4.79 Å². The van der Waals surface area contributed by atoms with E-state index < -0.39 is 5.91 Å². The number of hydrogen-bond donors (Lipinski definition) is 1. The molecule has 13 heavy (non-hydrogen) atoms. The minimum absolute atomic E-state index is 0.418. The Hall–Kier alpha value is -1.36. The van der Waals surface area contributed by atoms with Gasteiger partial charge in [-0.3, -0.25) is 9.20 Å². The number of amides is 1. The largest absolute Gasteiger partial charge is 0.364 e. The van der Waals surface area contributed by atoms with Crippen molar-refractivity contribution in [2.75, 3.05) is 0 Å². The zero-order valence-corrected chi connectivity index (χ0v) is 8.15. The van der Waals surface area contributed by atoms with Crippen LogP contribution in [0.2, 0.25) is 0 Å². The third kappa shape index (κ3) is 1.31. The van der Waals surface area contributed by atoms with Crippen LogP contribution in [0.1, 0.15) is 10.5 Å². The molecule has 0 bridgehead atoms. The molecule has 2 N–H and O–H groups in total. The van der Waals surface area contributed by atoms with Gasteiger partial charge in [0.25, 0.3) is 5.91 Å². The predicted octanol–water partition coefficient (Wildman–Crippen LogP) is 1.20. The number of primary amides is 1. The highest BCUT2D eigenvalue weighted by Gasteiger charge is 2.07. The number of nitrogens with zero attached hydrogens (tertiary/aromatic N) is 2. The van der Waals surface area contributed by atoms with Crippen molar-refractivity contribution in [3.63, 3.8) is 0 Å². The number of imidazole rings is 1. The molecule has 0 unspecified atom stereocenters. The van der Waals surface area contributed by atoms with Gasteiger partial charge in [0.05, 0.1) is 0 Å². The van der Waals surface area contributed by atoms with Crippen molar-refractivity contribution in [2.45, 2.75) is 0 Å². The topological polar surface area (TPSA) is 60.4 Å². The van der Waals surface area contributed by atoms with Crippen LogP contribution < -0.4 is 5.73 Å². The van der Waals surface area contributed by atoms with Gasteiger partial charge in [-0.2, -0.15) is 0 Å². The Morgan fingerprint density at radius 3 is 3.00 bits per heavy atom. The minimum Gasteiger partial charge on any atom is -0.364 e. The van der Waals surface area contributed by atoms with Crippen molar-refractivity contribution >= 4 is 27.5 Å². The lowest BCUT2D eigenvalue weighted by Crippen LogP contribution is -2.15. The van der Waals surface area contributed by atoms with Gasteiger partial charge in [-0.25, -0.2) is 4.98 Å². The Bertz CT molecular complexity index is 477. The van der Waals surface area contributed by atoms with E-state index in [2.05, 4.69) is 20.9 Å². The number of aromatic nitrogens is 2. The van der Waals surface area contributed by atoms with E-state index in [9.17, 15) is 4.79 Å². The average Bonchev–Trinajstić information content (AvgIpc) is 2.49. The quantitative estimate of drug-likeness (QED) is 0.813. The first-order valence-electron chi connectivity index (χ1n) is 3.61. The molecule has 0 saturated carbocycles. The SMILES string of the molecule is NC(=O)c1cc(Br)cc2nccn12.